The van der Waals surface area contributed by atoms with Crippen LogP contribution in [0, 0.1) is 11.3 Å². The fraction of sp³-hybridized carbons (Fsp3) is 0.233. The van der Waals surface area contributed by atoms with Gasteiger partial charge in [0.15, 0.2) is 0 Å². The number of rotatable bonds is 8. The third kappa shape index (κ3) is 6.20. The van der Waals surface area contributed by atoms with Crippen molar-refractivity contribution in [2.75, 3.05) is 26.2 Å². The SMILES string of the molecule is N#Cc1ccccc1-c1ccc(COc2coc(CN3CCN(C(=O)Cc4cccs4)CC3)cc2=O)cc1. The Kier molecular flexibility index (Phi) is 7.98. The number of nitriles is 1. The summed E-state index contributed by atoms with van der Waals surface area (Å²) in [7, 11) is 0. The van der Waals surface area contributed by atoms with Gasteiger partial charge in [0, 0.05) is 37.1 Å². The number of ether oxygens (including phenoxy) is 1. The molecular formula is C30H27N3O4S. The molecule has 1 amide bonds. The highest BCUT2D eigenvalue weighted by Gasteiger charge is 2.22. The van der Waals surface area contributed by atoms with Crippen molar-refractivity contribution in [3.8, 4) is 22.9 Å². The maximum atomic E-state index is 12.6. The Balaban J connectivity index is 1.12. The van der Waals surface area contributed by atoms with E-state index in [1.807, 2.05) is 64.9 Å². The number of carbonyl (C=O) groups excluding carboxylic acids is 1. The quantitative estimate of drug-likeness (QED) is 0.331. The van der Waals surface area contributed by atoms with Gasteiger partial charge in [-0.15, -0.1) is 11.3 Å². The molecule has 2 aromatic carbocycles. The highest BCUT2D eigenvalue weighted by molar-refractivity contribution is 7.10. The fourth-order valence-corrected chi connectivity index (χ4v) is 5.15. The third-order valence-electron chi connectivity index (χ3n) is 6.57. The van der Waals surface area contributed by atoms with Crippen molar-refractivity contribution in [2.24, 2.45) is 0 Å². The summed E-state index contributed by atoms with van der Waals surface area (Å²) in [6.45, 7) is 3.52. The second-order valence-electron chi connectivity index (χ2n) is 9.13. The zero-order valence-electron chi connectivity index (χ0n) is 20.8. The second kappa shape index (κ2) is 11.9. The van der Waals surface area contributed by atoms with Crippen LogP contribution in [0.2, 0.25) is 0 Å². The predicted octanol–water partition coefficient (Wildman–Crippen LogP) is 4.71. The van der Waals surface area contributed by atoms with E-state index >= 15 is 0 Å². The summed E-state index contributed by atoms with van der Waals surface area (Å²) in [6, 6.07) is 22.8. The average molecular weight is 526 g/mol. The molecule has 192 valence electrons. The van der Waals surface area contributed by atoms with E-state index < -0.39 is 0 Å². The molecule has 0 unspecified atom stereocenters. The largest absolute Gasteiger partial charge is 0.482 e. The van der Waals surface area contributed by atoms with Crippen molar-refractivity contribution in [1.29, 1.82) is 5.26 Å². The zero-order valence-corrected chi connectivity index (χ0v) is 21.7. The predicted molar refractivity (Wildman–Crippen MR) is 146 cm³/mol. The number of amides is 1. The molecule has 0 bridgehead atoms. The molecule has 2 aromatic heterocycles. The number of carbonyl (C=O) groups is 1. The van der Waals surface area contributed by atoms with Crippen LogP contribution >= 0.6 is 11.3 Å². The van der Waals surface area contributed by atoms with Crippen LogP contribution in [0.1, 0.15) is 21.8 Å². The molecule has 1 aliphatic rings. The van der Waals surface area contributed by atoms with Gasteiger partial charge in [0.25, 0.3) is 0 Å². The molecule has 8 heteroatoms. The van der Waals surface area contributed by atoms with E-state index in [1.165, 1.54) is 12.3 Å². The standard InChI is InChI=1S/C30H27N3O4S/c31-18-24-4-1-2-6-27(24)23-9-7-22(8-10-23)20-37-29-21-36-25(16-28(29)34)19-32-11-13-33(14-12-32)30(35)17-26-5-3-15-38-26/h1-10,15-16,21H,11-14,17,19-20H2. The summed E-state index contributed by atoms with van der Waals surface area (Å²) in [5, 5.41) is 11.3. The molecule has 0 saturated carbocycles. The van der Waals surface area contributed by atoms with Gasteiger partial charge in [-0.25, -0.2) is 0 Å². The molecule has 38 heavy (non-hydrogen) atoms. The number of piperazine rings is 1. The first-order valence-corrected chi connectivity index (χ1v) is 13.3. The normalized spacial score (nSPS) is 13.7. The molecule has 0 aliphatic carbocycles. The average Bonchev–Trinajstić information content (AvgIpc) is 3.46. The number of hydrogen-bond donors (Lipinski definition) is 0. The van der Waals surface area contributed by atoms with Gasteiger partial charge in [0.2, 0.25) is 17.1 Å². The van der Waals surface area contributed by atoms with E-state index in [9.17, 15) is 14.9 Å². The first-order chi connectivity index (χ1) is 18.6. The van der Waals surface area contributed by atoms with Crippen molar-refractivity contribution in [1.82, 2.24) is 9.80 Å². The monoisotopic (exact) mass is 525 g/mol. The Morgan fingerprint density at radius 3 is 2.53 bits per heavy atom. The van der Waals surface area contributed by atoms with E-state index in [1.54, 1.807) is 17.4 Å². The van der Waals surface area contributed by atoms with E-state index in [2.05, 4.69) is 11.0 Å². The van der Waals surface area contributed by atoms with Gasteiger partial charge in [-0.2, -0.15) is 5.26 Å². The van der Waals surface area contributed by atoms with Crippen molar-refractivity contribution in [3.63, 3.8) is 0 Å². The minimum atomic E-state index is -0.226. The minimum absolute atomic E-state index is 0.154. The van der Waals surface area contributed by atoms with Crippen LogP contribution in [0.4, 0.5) is 0 Å². The summed E-state index contributed by atoms with van der Waals surface area (Å²) in [4.78, 5) is 30.3. The van der Waals surface area contributed by atoms with Crippen LogP contribution < -0.4 is 10.2 Å². The summed E-state index contributed by atoms with van der Waals surface area (Å²) in [5.41, 5.74) is 3.13. The summed E-state index contributed by atoms with van der Waals surface area (Å²) >= 11 is 1.60. The molecule has 0 N–H and O–H groups in total. The van der Waals surface area contributed by atoms with Crippen molar-refractivity contribution in [2.45, 2.75) is 19.6 Å². The molecule has 5 rings (SSSR count). The highest BCUT2D eigenvalue weighted by Crippen LogP contribution is 2.24. The maximum absolute atomic E-state index is 12.6. The molecule has 0 atom stereocenters. The lowest BCUT2D eigenvalue weighted by Gasteiger charge is -2.34. The molecule has 0 radical (unpaired) electrons. The lowest BCUT2D eigenvalue weighted by atomic mass is 9.99. The third-order valence-corrected chi connectivity index (χ3v) is 7.45. The number of thiophene rings is 1. The van der Waals surface area contributed by atoms with Gasteiger partial charge in [-0.1, -0.05) is 48.5 Å². The highest BCUT2D eigenvalue weighted by atomic mass is 32.1. The molecule has 3 heterocycles. The van der Waals surface area contributed by atoms with Crippen LogP contribution in [-0.2, 0) is 24.4 Å². The summed E-state index contributed by atoms with van der Waals surface area (Å²) in [6.07, 6.45) is 1.82. The number of hydrogen-bond acceptors (Lipinski definition) is 7. The van der Waals surface area contributed by atoms with Crippen LogP contribution in [0.25, 0.3) is 11.1 Å². The topological polar surface area (TPSA) is 86.8 Å². The Morgan fingerprint density at radius 2 is 1.82 bits per heavy atom. The van der Waals surface area contributed by atoms with Crippen molar-refractivity contribution in [3.05, 3.63) is 110 Å². The van der Waals surface area contributed by atoms with Gasteiger partial charge in [0.05, 0.1) is 24.6 Å². The molecule has 0 spiro atoms. The fourth-order valence-electron chi connectivity index (χ4n) is 4.45. The Labute approximate surface area is 225 Å². The van der Waals surface area contributed by atoms with Crippen LogP contribution in [0.5, 0.6) is 5.75 Å². The Bertz CT molecular complexity index is 1480. The Hall–Kier alpha value is -4.19. The first-order valence-electron chi connectivity index (χ1n) is 12.4. The first kappa shape index (κ1) is 25.5. The summed E-state index contributed by atoms with van der Waals surface area (Å²) < 4.78 is 11.4. The molecule has 7 nitrogen and oxygen atoms in total. The van der Waals surface area contributed by atoms with E-state index in [4.69, 9.17) is 9.15 Å². The van der Waals surface area contributed by atoms with E-state index in [0.717, 1.165) is 34.7 Å². The van der Waals surface area contributed by atoms with E-state index in [-0.39, 0.29) is 23.7 Å². The molecule has 4 aromatic rings. The van der Waals surface area contributed by atoms with Gasteiger partial charge >= 0.3 is 0 Å². The van der Waals surface area contributed by atoms with Crippen molar-refractivity contribution < 1.29 is 13.9 Å². The number of benzene rings is 2. The molecule has 1 fully saturated rings. The Morgan fingerprint density at radius 1 is 1.03 bits per heavy atom. The molecule has 1 saturated heterocycles. The smallest absolute Gasteiger partial charge is 0.227 e. The van der Waals surface area contributed by atoms with Crippen LogP contribution in [0.15, 0.2) is 87.6 Å². The van der Waals surface area contributed by atoms with Gasteiger partial charge < -0.3 is 14.1 Å². The van der Waals surface area contributed by atoms with Gasteiger partial charge in [-0.05, 0) is 34.2 Å². The molecular weight excluding hydrogens is 498 g/mol. The van der Waals surface area contributed by atoms with Crippen LogP contribution in [-0.4, -0.2) is 41.9 Å². The summed E-state index contributed by atoms with van der Waals surface area (Å²) in [5.74, 6) is 0.889. The van der Waals surface area contributed by atoms with E-state index in [0.29, 0.717) is 37.4 Å². The zero-order chi connectivity index (χ0) is 26.3. The minimum Gasteiger partial charge on any atom is -0.482 e. The van der Waals surface area contributed by atoms with Crippen molar-refractivity contribution >= 4 is 17.2 Å². The van der Waals surface area contributed by atoms with Crippen LogP contribution in [0.3, 0.4) is 0 Å². The lowest BCUT2D eigenvalue weighted by molar-refractivity contribution is -0.132. The number of nitrogens with zero attached hydrogens (tertiary/aromatic N) is 3. The lowest BCUT2D eigenvalue weighted by Crippen LogP contribution is -2.48. The van der Waals surface area contributed by atoms with Gasteiger partial charge in [-0.3, -0.25) is 14.5 Å². The second-order valence-corrected chi connectivity index (χ2v) is 10.2. The maximum Gasteiger partial charge on any atom is 0.227 e. The van der Waals surface area contributed by atoms with Gasteiger partial charge in [0.1, 0.15) is 18.6 Å². The molecule has 1 aliphatic heterocycles.